The van der Waals surface area contributed by atoms with Gasteiger partial charge in [0.2, 0.25) is 0 Å². The lowest BCUT2D eigenvalue weighted by Gasteiger charge is -2.10. The van der Waals surface area contributed by atoms with Gasteiger partial charge in [-0.15, -0.1) is 0 Å². The van der Waals surface area contributed by atoms with Gasteiger partial charge >= 0.3 is 0 Å². The second-order valence-electron chi connectivity index (χ2n) is 3.84. The second kappa shape index (κ2) is 7.29. The van der Waals surface area contributed by atoms with Gasteiger partial charge in [-0.3, -0.25) is 4.79 Å². The summed E-state index contributed by atoms with van der Waals surface area (Å²) in [5, 5.41) is 11.5. The zero-order chi connectivity index (χ0) is 12.7. The molecule has 2 N–H and O–H groups in total. The molecule has 94 valence electrons. The highest BCUT2D eigenvalue weighted by molar-refractivity contribution is 9.10. The first kappa shape index (κ1) is 14.0. The predicted octanol–water partition coefficient (Wildman–Crippen LogP) is 1.57. The third-order valence-corrected chi connectivity index (χ3v) is 2.62. The van der Waals surface area contributed by atoms with Crippen molar-refractivity contribution in [3.8, 4) is 5.75 Å². The van der Waals surface area contributed by atoms with Crippen molar-refractivity contribution >= 4 is 21.8 Å². The lowest BCUT2D eigenvalue weighted by molar-refractivity contribution is -0.123. The van der Waals surface area contributed by atoms with Gasteiger partial charge in [-0.25, -0.2) is 0 Å². The normalized spacial score (nSPS) is 11.9. The molecule has 5 heteroatoms. The molecule has 0 aliphatic heterocycles. The van der Waals surface area contributed by atoms with Gasteiger partial charge in [0.05, 0.1) is 0 Å². The molecule has 0 heterocycles. The largest absolute Gasteiger partial charge is 0.484 e. The van der Waals surface area contributed by atoms with Crippen LogP contribution < -0.4 is 10.1 Å². The number of aliphatic hydroxyl groups excluding tert-OH is 1. The van der Waals surface area contributed by atoms with Crippen LogP contribution in [0, 0.1) is 5.92 Å². The molecule has 1 aromatic carbocycles. The molecule has 1 amide bonds. The average Bonchev–Trinajstić information content (AvgIpc) is 2.33. The van der Waals surface area contributed by atoms with E-state index in [0.717, 1.165) is 4.47 Å². The van der Waals surface area contributed by atoms with Crippen LogP contribution in [0.25, 0.3) is 0 Å². The zero-order valence-electron chi connectivity index (χ0n) is 9.65. The Labute approximate surface area is 109 Å². The Bertz CT molecular complexity index is 371. The van der Waals surface area contributed by atoms with Gasteiger partial charge in [-0.1, -0.05) is 28.9 Å². The van der Waals surface area contributed by atoms with E-state index in [0.29, 0.717) is 12.3 Å². The minimum Gasteiger partial charge on any atom is -0.484 e. The van der Waals surface area contributed by atoms with E-state index in [4.69, 9.17) is 9.84 Å². The minimum atomic E-state index is -0.190. The van der Waals surface area contributed by atoms with E-state index in [1.807, 2.05) is 19.1 Å². The maximum absolute atomic E-state index is 11.4. The molecule has 4 nitrogen and oxygen atoms in total. The summed E-state index contributed by atoms with van der Waals surface area (Å²) in [5.41, 5.74) is 0. The van der Waals surface area contributed by atoms with E-state index in [1.54, 1.807) is 12.1 Å². The fourth-order valence-corrected chi connectivity index (χ4v) is 1.49. The Morgan fingerprint density at radius 3 is 3.00 bits per heavy atom. The predicted molar refractivity (Wildman–Crippen MR) is 68.9 cm³/mol. The number of rotatable bonds is 6. The summed E-state index contributed by atoms with van der Waals surface area (Å²) < 4.78 is 6.22. The standard InChI is InChI=1S/C12H16BrNO3/c1-9(7-15)6-14-12(16)8-17-11-4-2-3-10(13)5-11/h2-5,9,15H,6-8H2,1H3,(H,14,16). The van der Waals surface area contributed by atoms with E-state index < -0.39 is 0 Å². The fraction of sp³-hybridized carbons (Fsp3) is 0.417. The SMILES string of the molecule is CC(CO)CNC(=O)COc1cccc(Br)c1. The summed E-state index contributed by atoms with van der Waals surface area (Å²) in [6, 6.07) is 7.30. The first-order chi connectivity index (χ1) is 8.11. The molecule has 1 aromatic rings. The van der Waals surface area contributed by atoms with Crippen molar-refractivity contribution in [1.29, 1.82) is 0 Å². The number of nitrogens with one attached hydrogen (secondary N) is 1. The number of aliphatic hydroxyl groups is 1. The fourth-order valence-electron chi connectivity index (χ4n) is 1.11. The van der Waals surface area contributed by atoms with E-state index in [2.05, 4.69) is 21.2 Å². The van der Waals surface area contributed by atoms with Gasteiger partial charge in [0.25, 0.3) is 5.91 Å². The Hall–Kier alpha value is -1.07. The van der Waals surface area contributed by atoms with E-state index in [1.165, 1.54) is 0 Å². The molecular formula is C12H16BrNO3. The van der Waals surface area contributed by atoms with Gasteiger partial charge in [0, 0.05) is 17.6 Å². The highest BCUT2D eigenvalue weighted by atomic mass is 79.9. The molecule has 0 bridgehead atoms. The maximum atomic E-state index is 11.4. The number of carbonyl (C=O) groups is 1. The summed E-state index contributed by atoms with van der Waals surface area (Å²) in [4.78, 5) is 11.4. The van der Waals surface area contributed by atoms with E-state index >= 15 is 0 Å². The number of benzene rings is 1. The molecule has 0 fully saturated rings. The Kier molecular flexibility index (Phi) is 6.00. The van der Waals surface area contributed by atoms with Crippen molar-refractivity contribution in [2.75, 3.05) is 19.8 Å². The molecule has 0 saturated heterocycles. The molecule has 1 rings (SSSR count). The summed E-state index contributed by atoms with van der Waals surface area (Å²) in [6.07, 6.45) is 0. The van der Waals surface area contributed by atoms with Gasteiger partial charge < -0.3 is 15.2 Å². The summed E-state index contributed by atoms with van der Waals surface area (Å²) in [5.74, 6) is 0.514. The first-order valence-corrected chi connectivity index (χ1v) is 6.17. The molecule has 1 unspecified atom stereocenters. The minimum absolute atomic E-state index is 0.0192. The van der Waals surface area contributed by atoms with Crippen LogP contribution in [0.15, 0.2) is 28.7 Å². The number of ether oxygens (including phenoxy) is 1. The van der Waals surface area contributed by atoms with Gasteiger partial charge in [0.15, 0.2) is 6.61 Å². The summed E-state index contributed by atoms with van der Waals surface area (Å²) >= 11 is 3.32. The Morgan fingerprint density at radius 1 is 1.59 bits per heavy atom. The molecule has 0 spiro atoms. The number of carbonyl (C=O) groups excluding carboxylic acids is 1. The topological polar surface area (TPSA) is 58.6 Å². The van der Waals surface area contributed by atoms with Crippen molar-refractivity contribution in [3.05, 3.63) is 28.7 Å². The van der Waals surface area contributed by atoms with Crippen LogP contribution >= 0.6 is 15.9 Å². The van der Waals surface area contributed by atoms with Gasteiger partial charge in [-0.05, 0) is 24.1 Å². The van der Waals surface area contributed by atoms with Gasteiger partial charge in [0.1, 0.15) is 5.75 Å². The van der Waals surface area contributed by atoms with Crippen LogP contribution in [0.2, 0.25) is 0 Å². The maximum Gasteiger partial charge on any atom is 0.257 e. The molecule has 17 heavy (non-hydrogen) atoms. The van der Waals surface area contributed by atoms with E-state index in [-0.39, 0.29) is 25.0 Å². The van der Waals surface area contributed by atoms with Gasteiger partial charge in [-0.2, -0.15) is 0 Å². The smallest absolute Gasteiger partial charge is 0.257 e. The number of halogens is 1. The van der Waals surface area contributed by atoms with Crippen LogP contribution in [0.3, 0.4) is 0 Å². The highest BCUT2D eigenvalue weighted by Crippen LogP contribution is 2.17. The van der Waals surface area contributed by atoms with Crippen LogP contribution in [0.5, 0.6) is 5.75 Å². The van der Waals surface area contributed by atoms with Crippen LogP contribution in [-0.2, 0) is 4.79 Å². The number of hydrogen-bond donors (Lipinski definition) is 2. The van der Waals surface area contributed by atoms with E-state index in [9.17, 15) is 4.79 Å². The van der Waals surface area contributed by atoms with Crippen molar-refractivity contribution in [2.24, 2.45) is 5.92 Å². The number of amides is 1. The molecule has 0 radical (unpaired) electrons. The van der Waals surface area contributed by atoms with Crippen molar-refractivity contribution in [3.63, 3.8) is 0 Å². The van der Waals surface area contributed by atoms with Crippen LogP contribution in [-0.4, -0.2) is 30.8 Å². The zero-order valence-corrected chi connectivity index (χ0v) is 11.2. The second-order valence-corrected chi connectivity index (χ2v) is 4.75. The third kappa shape index (κ3) is 5.70. The molecule has 1 atom stereocenters. The molecule has 0 aromatic heterocycles. The monoisotopic (exact) mass is 301 g/mol. The van der Waals surface area contributed by atoms with Crippen molar-refractivity contribution in [2.45, 2.75) is 6.92 Å². The van der Waals surface area contributed by atoms with Crippen molar-refractivity contribution < 1.29 is 14.6 Å². The molecular weight excluding hydrogens is 286 g/mol. The quantitative estimate of drug-likeness (QED) is 0.838. The summed E-state index contributed by atoms with van der Waals surface area (Å²) in [7, 11) is 0. The lowest BCUT2D eigenvalue weighted by atomic mass is 10.2. The highest BCUT2D eigenvalue weighted by Gasteiger charge is 2.05. The molecule has 0 aliphatic carbocycles. The average molecular weight is 302 g/mol. The van der Waals surface area contributed by atoms with Crippen LogP contribution in [0.4, 0.5) is 0 Å². The third-order valence-electron chi connectivity index (χ3n) is 2.13. The number of hydrogen-bond acceptors (Lipinski definition) is 3. The molecule has 0 saturated carbocycles. The lowest BCUT2D eigenvalue weighted by Crippen LogP contribution is -2.33. The summed E-state index contributed by atoms with van der Waals surface area (Å²) in [6.45, 7) is 2.36. The Balaban J connectivity index is 2.28. The molecule has 0 aliphatic rings. The Morgan fingerprint density at radius 2 is 2.35 bits per heavy atom. The van der Waals surface area contributed by atoms with Crippen LogP contribution in [0.1, 0.15) is 6.92 Å². The first-order valence-electron chi connectivity index (χ1n) is 5.37. The van der Waals surface area contributed by atoms with Crippen molar-refractivity contribution in [1.82, 2.24) is 5.32 Å².